The highest BCUT2D eigenvalue weighted by molar-refractivity contribution is 7.17. The molecule has 1 saturated carbocycles. The minimum Gasteiger partial charge on any atom is -0.481 e. The Balaban J connectivity index is 1.48. The average molecular weight is 491 g/mol. The zero-order chi connectivity index (χ0) is 24.5. The van der Waals surface area contributed by atoms with Gasteiger partial charge in [0.15, 0.2) is 0 Å². The van der Waals surface area contributed by atoms with E-state index in [0.29, 0.717) is 16.3 Å². The van der Waals surface area contributed by atoms with Crippen molar-refractivity contribution < 1.29 is 23.9 Å². The predicted molar refractivity (Wildman–Crippen MR) is 133 cm³/mol. The van der Waals surface area contributed by atoms with Crippen LogP contribution in [0.15, 0.2) is 65.3 Å². The number of carbonyl (C=O) groups excluding carboxylic acids is 2. The van der Waals surface area contributed by atoms with Crippen LogP contribution in [0.5, 0.6) is 0 Å². The topological polar surface area (TPSA) is 109 Å². The van der Waals surface area contributed by atoms with Gasteiger partial charge >= 0.3 is 5.97 Å². The molecule has 1 aromatic carbocycles. The lowest BCUT2D eigenvalue weighted by atomic mass is 9.62. The normalized spacial score (nSPS) is 22.7. The molecule has 3 aliphatic carbocycles. The van der Waals surface area contributed by atoms with Crippen LogP contribution in [0.2, 0.25) is 0 Å². The highest BCUT2D eigenvalue weighted by Crippen LogP contribution is 2.46. The summed E-state index contributed by atoms with van der Waals surface area (Å²) in [5.41, 5.74) is 2.00. The quantitative estimate of drug-likeness (QED) is 0.400. The van der Waals surface area contributed by atoms with E-state index in [2.05, 4.69) is 10.6 Å². The van der Waals surface area contributed by atoms with Crippen LogP contribution in [0.25, 0.3) is 11.1 Å². The maximum absolute atomic E-state index is 13.5. The van der Waals surface area contributed by atoms with Crippen LogP contribution >= 0.6 is 11.3 Å². The van der Waals surface area contributed by atoms with E-state index < -0.39 is 17.8 Å². The van der Waals surface area contributed by atoms with Crippen LogP contribution in [0.1, 0.15) is 33.8 Å². The Kier molecular flexibility index (Phi) is 6.30. The molecule has 2 amide bonds. The van der Waals surface area contributed by atoms with Gasteiger partial charge in [0.25, 0.3) is 5.91 Å². The van der Waals surface area contributed by atoms with Gasteiger partial charge < -0.3 is 20.2 Å². The van der Waals surface area contributed by atoms with Crippen molar-refractivity contribution >= 4 is 34.1 Å². The zero-order valence-corrected chi connectivity index (χ0v) is 20.0. The molecule has 0 saturated heterocycles. The highest BCUT2D eigenvalue weighted by Gasteiger charge is 2.48. The number of aryl methyl sites for hydroxylation is 1. The third-order valence-corrected chi connectivity index (χ3v) is 7.97. The molecule has 180 valence electrons. The summed E-state index contributed by atoms with van der Waals surface area (Å²) in [5.74, 6) is -2.71. The van der Waals surface area contributed by atoms with E-state index in [1.54, 1.807) is 18.4 Å². The van der Waals surface area contributed by atoms with E-state index in [9.17, 15) is 19.5 Å². The summed E-state index contributed by atoms with van der Waals surface area (Å²) >= 11 is 1.33. The smallest absolute Gasteiger partial charge is 0.307 e. The number of fused-ring (bicyclic) bond motifs is 2. The first-order valence-corrected chi connectivity index (χ1v) is 12.5. The first-order chi connectivity index (χ1) is 16.9. The number of carbonyl (C=O) groups is 3. The van der Waals surface area contributed by atoms with Crippen molar-refractivity contribution in [3.05, 3.63) is 77.1 Å². The summed E-state index contributed by atoms with van der Waals surface area (Å²) in [5, 5.41) is 16.1. The van der Waals surface area contributed by atoms with Crippen molar-refractivity contribution in [1.82, 2.24) is 5.32 Å². The van der Waals surface area contributed by atoms with Crippen molar-refractivity contribution in [3.8, 4) is 11.1 Å². The number of rotatable bonds is 7. The molecular formula is C27H26N2O5S. The fraction of sp³-hybridized carbons (Fsp3) is 0.296. The SMILES string of the molecule is Cc1sc(NC(=O)[C@H]2[C@H](C(=O)O)[C@H]3C=C[C@H]2CC3)c(C(=O)NCc2ccco2)c1-c1ccccc1. The Labute approximate surface area is 206 Å². The highest BCUT2D eigenvalue weighted by atomic mass is 32.1. The number of hydrogen-bond acceptors (Lipinski definition) is 5. The molecule has 3 N–H and O–H groups in total. The molecular weight excluding hydrogens is 464 g/mol. The maximum atomic E-state index is 13.5. The molecule has 6 rings (SSSR count). The largest absolute Gasteiger partial charge is 0.481 e. The number of thiophene rings is 1. The fourth-order valence-corrected chi connectivity index (χ4v) is 6.43. The molecule has 8 heteroatoms. The Morgan fingerprint density at radius 1 is 1.03 bits per heavy atom. The summed E-state index contributed by atoms with van der Waals surface area (Å²) in [7, 11) is 0. The molecule has 2 heterocycles. The third-order valence-electron chi connectivity index (χ3n) is 6.95. The van der Waals surface area contributed by atoms with Gasteiger partial charge in [-0.2, -0.15) is 0 Å². The van der Waals surface area contributed by atoms with Crippen molar-refractivity contribution in [2.24, 2.45) is 23.7 Å². The standard InChI is InChI=1S/C27H26N2O5S/c1-15-20(16-6-3-2-4-7-16)23(24(30)28-14-19-8-5-13-34-19)26(35-15)29-25(31)21-17-9-11-18(12-10-17)22(21)27(32)33/h2-9,11,13,17-18,21-22H,10,12,14H2,1H3,(H,28,30)(H,29,31)(H,32,33)/t17-,18-,21+,22+/m0/s1. The van der Waals surface area contributed by atoms with Gasteiger partial charge in [-0.15, -0.1) is 11.3 Å². The van der Waals surface area contributed by atoms with Gasteiger partial charge in [0.05, 0.1) is 30.2 Å². The number of amides is 2. The molecule has 4 atom stereocenters. The molecule has 0 spiro atoms. The number of anilines is 1. The maximum Gasteiger partial charge on any atom is 0.307 e. The number of carboxylic acid groups (broad SMARTS) is 1. The van der Waals surface area contributed by atoms with E-state index in [-0.39, 0.29) is 30.2 Å². The van der Waals surface area contributed by atoms with Crippen LogP contribution in [0.3, 0.4) is 0 Å². The average Bonchev–Trinajstić information content (AvgIpc) is 3.50. The Morgan fingerprint density at radius 2 is 1.74 bits per heavy atom. The monoisotopic (exact) mass is 490 g/mol. The number of nitrogens with one attached hydrogen (secondary N) is 2. The van der Waals surface area contributed by atoms with E-state index in [1.807, 2.05) is 49.4 Å². The number of benzene rings is 1. The lowest BCUT2D eigenvalue weighted by Gasteiger charge is -2.41. The van der Waals surface area contributed by atoms with Gasteiger partial charge in [0.1, 0.15) is 10.8 Å². The predicted octanol–water partition coefficient (Wildman–Crippen LogP) is 5.10. The number of allylic oxidation sites excluding steroid dienone is 2. The second-order valence-electron chi connectivity index (χ2n) is 9.03. The fourth-order valence-electron chi connectivity index (χ4n) is 5.35. The Morgan fingerprint density at radius 3 is 2.37 bits per heavy atom. The number of furan rings is 1. The molecule has 0 aliphatic heterocycles. The minimum atomic E-state index is -0.951. The Hall–Kier alpha value is -3.65. The van der Waals surface area contributed by atoms with Crippen molar-refractivity contribution in [2.75, 3.05) is 5.32 Å². The summed E-state index contributed by atoms with van der Waals surface area (Å²) < 4.78 is 5.33. The summed E-state index contributed by atoms with van der Waals surface area (Å²) in [6, 6.07) is 13.1. The van der Waals surface area contributed by atoms with Crippen LogP contribution < -0.4 is 10.6 Å². The molecule has 3 aliphatic rings. The van der Waals surface area contributed by atoms with Crippen LogP contribution in [-0.4, -0.2) is 22.9 Å². The van der Waals surface area contributed by atoms with Gasteiger partial charge in [-0.05, 0) is 49.3 Å². The number of aliphatic carboxylic acids is 1. The summed E-state index contributed by atoms with van der Waals surface area (Å²) in [6.07, 6.45) is 7.02. The van der Waals surface area contributed by atoms with Crippen LogP contribution in [0, 0.1) is 30.6 Å². The second-order valence-corrected chi connectivity index (χ2v) is 10.3. The third kappa shape index (κ3) is 4.41. The lowest BCUT2D eigenvalue weighted by Crippen LogP contribution is -2.47. The molecule has 3 aromatic rings. The zero-order valence-electron chi connectivity index (χ0n) is 19.2. The van der Waals surface area contributed by atoms with E-state index in [4.69, 9.17) is 4.42 Å². The van der Waals surface area contributed by atoms with E-state index >= 15 is 0 Å². The first-order valence-electron chi connectivity index (χ1n) is 11.7. The van der Waals surface area contributed by atoms with Gasteiger partial charge in [-0.3, -0.25) is 14.4 Å². The summed E-state index contributed by atoms with van der Waals surface area (Å²) in [4.78, 5) is 39.9. The molecule has 1 fully saturated rings. The molecule has 35 heavy (non-hydrogen) atoms. The van der Waals surface area contributed by atoms with Gasteiger partial charge in [0, 0.05) is 10.4 Å². The van der Waals surface area contributed by atoms with E-state index in [1.165, 1.54) is 11.3 Å². The molecule has 2 aromatic heterocycles. The summed E-state index contributed by atoms with van der Waals surface area (Å²) in [6.45, 7) is 2.12. The number of carboxylic acids is 1. The molecule has 0 radical (unpaired) electrons. The van der Waals surface area contributed by atoms with Gasteiger partial charge in [0.2, 0.25) is 5.91 Å². The number of hydrogen-bond donors (Lipinski definition) is 3. The lowest BCUT2D eigenvalue weighted by molar-refractivity contribution is -0.151. The van der Waals surface area contributed by atoms with Gasteiger partial charge in [-0.1, -0.05) is 42.5 Å². The Bertz CT molecular complexity index is 1280. The minimum absolute atomic E-state index is 0.119. The van der Waals surface area contributed by atoms with Crippen LogP contribution in [-0.2, 0) is 16.1 Å². The second kappa shape index (κ2) is 9.54. The van der Waals surface area contributed by atoms with Crippen molar-refractivity contribution in [3.63, 3.8) is 0 Å². The molecule has 7 nitrogen and oxygen atoms in total. The van der Waals surface area contributed by atoms with Gasteiger partial charge in [-0.25, -0.2) is 0 Å². The van der Waals surface area contributed by atoms with E-state index in [0.717, 1.165) is 28.8 Å². The van der Waals surface area contributed by atoms with Crippen molar-refractivity contribution in [1.29, 1.82) is 0 Å². The molecule has 0 unspecified atom stereocenters. The van der Waals surface area contributed by atoms with Crippen LogP contribution in [0.4, 0.5) is 5.00 Å². The van der Waals surface area contributed by atoms with Crippen molar-refractivity contribution in [2.45, 2.75) is 26.3 Å². The molecule has 2 bridgehead atoms. The first kappa shape index (κ1) is 23.1.